The summed E-state index contributed by atoms with van der Waals surface area (Å²) >= 11 is 3.24. The van der Waals surface area contributed by atoms with Gasteiger partial charge in [0.2, 0.25) is 0 Å². The van der Waals surface area contributed by atoms with E-state index in [2.05, 4.69) is 20.9 Å². The molecule has 5 heteroatoms. The third kappa shape index (κ3) is 1.66. The van der Waals surface area contributed by atoms with Crippen LogP contribution in [0.5, 0.6) is 0 Å². The first-order valence-corrected chi connectivity index (χ1v) is 5.46. The van der Waals surface area contributed by atoms with Crippen LogP contribution in [-0.4, -0.2) is 22.1 Å². The van der Waals surface area contributed by atoms with E-state index in [4.69, 9.17) is 5.73 Å². The molecule has 0 unspecified atom stereocenters. The predicted molar refractivity (Wildman–Crippen MR) is 58.5 cm³/mol. The molecule has 0 aliphatic heterocycles. The Labute approximate surface area is 95.6 Å². The Morgan fingerprint density at radius 3 is 2.73 bits per heavy atom. The number of aromatic nitrogens is 1. The van der Waals surface area contributed by atoms with Gasteiger partial charge in [0, 0.05) is 6.04 Å². The number of carboxylic acids is 1. The molecule has 1 fully saturated rings. The van der Waals surface area contributed by atoms with Gasteiger partial charge in [0.05, 0.1) is 5.69 Å². The standard InChI is InChI=1S/C10H11BrN2O2/c11-8-3-1-2-7(13-8)10(9(14)15)4-6(12)5-10/h1-3,6H,4-5,12H2,(H,14,15). The number of pyridine rings is 1. The number of rotatable bonds is 2. The van der Waals surface area contributed by atoms with Crippen molar-refractivity contribution in [3.8, 4) is 0 Å². The number of hydrogen-bond acceptors (Lipinski definition) is 3. The third-order valence-corrected chi connectivity index (χ3v) is 3.28. The zero-order valence-corrected chi connectivity index (χ0v) is 9.57. The second-order valence-electron chi connectivity index (χ2n) is 3.90. The van der Waals surface area contributed by atoms with Gasteiger partial charge in [0.15, 0.2) is 0 Å². The van der Waals surface area contributed by atoms with E-state index in [9.17, 15) is 9.90 Å². The van der Waals surface area contributed by atoms with Crippen LogP contribution in [0.1, 0.15) is 18.5 Å². The van der Waals surface area contributed by atoms with Gasteiger partial charge in [-0.2, -0.15) is 0 Å². The Balaban J connectivity index is 2.39. The van der Waals surface area contributed by atoms with Crippen molar-refractivity contribution < 1.29 is 9.90 Å². The Bertz CT molecular complexity index is 402. The third-order valence-electron chi connectivity index (χ3n) is 2.84. The lowest BCUT2D eigenvalue weighted by Gasteiger charge is -2.42. The number of halogens is 1. The van der Waals surface area contributed by atoms with Gasteiger partial charge in [-0.25, -0.2) is 4.98 Å². The summed E-state index contributed by atoms with van der Waals surface area (Å²) in [6.07, 6.45) is 0.928. The molecule has 3 N–H and O–H groups in total. The van der Waals surface area contributed by atoms with Crippen molar-refractivity contribution >= 4 is 21.9 Å². The summed E-state index contributed by atoms with van der Waals surface area (Å²) in [6, 6.07) is 5.28. The van der Waals surface area contributed by atoms with E-state index >= 15 is 0 Å². The van der Waals surface area contributed by atoms with Crippen LogP contribution in [0, 0.1) is 0 Å². The van der Waals surface area contributed by atoms with E-state index in [0.29, 0.717) is 23.1 Å². The molecule has 1 heterocycles. The highest BCUT2D eigenvalue weighted by molar-refractivity contribution is 9.10. The van der Waals surface area contributed by atoms with Crippen LogP contribution < -0.4 is 5.73 Å². The molecule has 1 aromatic heterocycles. The lowest BCUT2D eigenvalue weighted by molar-refractivity contribution is -0.148. The van der Waals surface area contributed by atoms with Gasteiger partial charge in [-0.3, -0.25) is 4.79 Å². The second kappa shape index (κ2) is 3.57. The van der Waals surface area contributed by atoms with Crippen LogP contribution in [0.4, 0.5) is 0 Å². The van der Waals surface area contributed by atoms with Crippen LogP contribution in [-0.2, 0) is 10.2 Å². The summed E-state index contributed by atoms with van der Waals surface area (Å²) in [5, 5.41) is 9.23. The van der Waals surface area contributed by atoms with E-state index in [0.717, 1.165) is 0 Å². The molecule has 15 heavy (non-hydrogen) atoms. The highest BCUT2D eigenvalue weighted by Gasteiger charge is 2.51. The Hall–Kier alpha value is -0.940. The largest absolute Gasteiger partial charge is 0.481 e. The normalized spacial score (nSPS) is 29.6. The van der Waals surface area contributed by atoms with E-state index in [1.807, 2.05) is 0 Å². The van der Waals surface area contributed by atoms with E-state index in [1.165, 1.54) is 0 Å². The summed E-state index contributed by atoms with van der Waals surface area (Å²) in [4.78, 5) is 15.5. The maximum absolute atomic E-state index is 11.2. The smallest absolute Gasteiger partial charge is 0.315 e. The van der Waals surface area contributed by atoms with Crippen LogP contribution >= 0.6 is 15.9 Å². The summed E-state index contributed by atoms with van der Waals surface area (Å²) < 4.78 is 0.654. The highest BCUT2D eigenvalue weighted by Crippen LogP contribution is 2.42. The molecule has 0 bridgehead atoms. The number of nitrogens with two attached hydrogens (primary N) is 1. The molecule has 1 aromatic rings. The van der Waals surface area contributed by atoms with E-state index in [-0.39, 0.29) is 6.04 Å². The fourth-order valence-electron chi connectivity index (χ4n) is 2.00. The molecule has 1 aliphatic rings. The molecule has 0 saturated heterocycles. The minimum Gasteiger partial charge on any atom is -0.481 e. The molecule has 0 atom stereocenters. The van der Waals surface area contributed by atoms with E-state index < -0.39 is 11.4 Å². The van der Waals surface area contributed by atoms with Crippen molar-refractivity contribution in [1.29, 1.82) is 0 Å². The average Bonchev–Trinajstić information content (AvgIpc) is 2.12. The molecular weight excluding hydrogens is 260 g/mol. The van der Waals surface area contributed by atoms with Gasteiger partial charge >= 0.3 is 5.97 Å². The quantitative estimate of drug-likeness (QED) is 0.794. The zero-order valence-electron chi connectivity index (χ0n) is 7.98. The van der Waals surface area contributed by atoms with Gasteiger partial charge in [-0.1, -0.05) is 6.07 Å². The second-order valence-corrected chi connectivity index (χ2v) is 4.71. The van der Waals surface area contributed by atoms with Gasteiger partial charge in [0.1, 0.15) is 10.0 Å². The van der Waals surface area contributed by atoms with Crippen molar-refractivity contribution in [2.45, 2.75) is 24.3 Å². The first-order chi connectivity index (χ1) is 7.04. The first-order valence-electron chi connectivity index (χ1n) is 4.66. The summed E-state index contributed by atoms with van der Waals surface area (Å²) in [7, 11) is 0. The maximum Gasteiger partial charge on any atom is 0.315 e. The van der Waals surface area contributed by atoms with Crippen molar-refractivity contribution in [3.63, 3.8) is 0 Å². The minimum absolute atomic E-state index is 0.0260. The predicted octanol–water partition coefficient (Wildman–Crippen LogP) is 1.29. The van der Waals surface area contributed by atoms with Crippen molar-refractivity contribution in [1.82, 2.24) is 4.98 Å². The summed E-state index contributed by atoms with van der Waals surface area (Å²) in [5.41, 5.74) is 5.38. The van der Waals surface area contributed by atoms with Crippen LogP contribution in [0.15, 0.2) is 22.8 Å². The van der Waals surface area contributed by atoms with Gasteiger partial charge in [-0.05, 0) is 40.9 Å². The van der Waals surface area contributed by atoms with Crippen LogP contribution in [0.2, 0.25) is 0 Å². The Morgan fingerprint density at radius 2 is 2.27 bits per heavy atom. The fourth-order valence-corrected chi connectivity index (χ4v) is 2.35. The molecule has 1 aliphatic carbocycles. The van der Waals surface area contributed by atoms with Crippen molar-refractivity contribution in [3.05, 3.63) is 28.5 Å². The van der Waals surface area contributed by atoms with Gasteiger partial charge in [-0.15, -0.1) is 0 Å². The molecule has 4 nitrogen and oxygen atoms in total. The molecule has 0 aromatic carbocycles. The lowest BCUT2D eigenvalue weighted by atomic mass is 9.63. The van der Waals surface area contributed by atoms with Gasteiger partial charge < -0.3 is 10.8 Å². The SMILES string of the molecule is NC1CC(C(=O)O)(c2cccc(Br)n2)C1. The summed E-state index contributed by atoms with van der Waals surface area (Å²) in [6.45, 7) is 0. The molecule has 0 spiro atoms. The molecule has 0 radical (unpaired) electrons. The molecule has 0 amide bonds. The Morgan fingerprint density at radius 1 is 1.60 bits per heavy atom. The number of carboxylic acid groups (broad SMARTS) is 1. The monoisotopic (exact) mass is 270 g/mol. The fraction of sp³-hybridized carbons (Fsp3) is 0.400. The van der Waals surface area contributed by atoms with Crippen LogP contribution in [0.25, 0.3) is 0 Å². The van der Waals surface area contributed by atoms with Crippen molar-refractivity contribution in [2.75, 3.05) is 0 Å². The topological polar surface area (TPSA) is 76.2 Å². The number of aliphatic carboxylic acids is 1. The van der Waals surface area contributed by atoms with Crippen LogP contribution in [0.3, 0.4) is 0 Å². The van der Waals surface area contributed by atoms with E-state index in [1.54, 1.807) is 18.2 Å². The number of hydrogen-bond donors (Lipinski definition) is 2. The molecule has 2 rings (SSSR count). The molecule has 1 saturated carbocycles. The van der Waals surface area contributed by atoms with Crippen molar-refractivity contribution in [2.24, 2.45) is 5.73 Å². The molecular formula is C10H11BrN2O2. The number of nitrogens with zero attached hydrogens (tertiary/aromatic N) is 1. The lowest BCUT2D eigenvalue weighted by Crippen LogP contribution is -2.54. The highest BCUT2D eigenvalue weighted by atomic mass is 79.9. The average molecular weight is 271 g/mol. The summed E-state index contributed by atoms with van der Waals surface area (Å²) in [5.74, 6) is -0.838. The number of carbonyl (C=O) groups is 1. The minimum atomic E-state index is -0.872. The maximum atomic E-state index is 11.2. The zero-order chi connectivity index (χ0) is 11.1. The molecule has 80 valence electrons. The first kappa shape index (κ1) is 10.6. The van der Waals surface area contributed by atoms with Gasteiger partial charge in [0.25, 0.3) is 0 Å². The Kier molecular flexibility index (Phi) is 2.52.